The zero-order chi connectivity index (χ0) is 20.1. The van der Waals surface area contributed by atoms with E-state index < -0.39 is 25.0 Å². The first-order valence-electron chi connectivity index (χ1n) is 8.83. The van der Waals surface area contributed by atoms with E-state index in [0.29, 0.717) is 11.5 Å². The molecule has 0 saturated carbocycles. The monoisotopic (exact) mass is 388 g/mol. The zero-order valence-corrected chi connectivity index (χ0v) is 15.2. The number of amides is 1. The van der Waals surface area contributed by atoms with E-state index in [1.807, 2.05) is 60.7 Å². The molecule has 0 unspecified atom stereocenters. The van der Waals surface area contributed by atoms with E-state index in [1.54, 1.807) is 6.92 Å². The maximum Gasteiger partial charge on any atom is 0.390 e. The largest absolute Gasteiger partial charge is 0.390 e. The first-order valence-corrected chi connectivity index (χ1v) is 8.83. The lowest BCUT2D eigenvalue weighted by atomic mass is 10.2. The fourth-order valence-electron chi connectivity index (χ4n) is 2.73. The van der Waals surface area contributed by atoms with Crippen LogP contribution in [0.2, 0.25) is 0 Å². The van der Waals surface area contributed by atoms with Crippen LogP contribution in [0.3, 0.4) is 0 Å². The minimum Gasteiger partial charge on any atom is -0.336 e. The van der Waals surface area contributed by atoms with Crippen molar-refractivity contribution in [1.82, 2.24) is 19.7 Å². The topological polar surface area (TPSA) is 51.0 Å². The van der Waals surface area contributed by atoms with Gasteiger partial charge >= 0.3 is 6.18 Å². The third-order valence-electron chi connectivity index (χ3n) is 4.17. The van der Waals surface area contributed by atoms with Crippen LogP contribution in [0, 0.1) is 0 Å². The normalized spacial score (nSPS) is 11.4. The van der Waals surface area contributed by atoms with Crippen LogP contribution in [0.15, 0.2) is 60.7 Å². The highest BCUT2D eigenvalue weighted by molar-refractivity contribution is 5.91. The molecule has 0 aliphatic carbocycles. The van der Waals surface area contributed by atoms with Gasteiger partial charge in [0.15, 0.2) is 5.82 Å². The smallest absolute Gasteiger partial charge is 0.336 e. The predicted molar refractivity (Wildman–Crippen MR) is 99.0 cm³/mol. The number of rotatable bonds is 6. The lowest BCUT2D eigenvalue weighted by Gasteiger charge is -2.19. The van der Waals surface area contributed by atoms with E-state index in [-0.39, 0.29) is 12.4 Å². The number of aromatic nitrogens is 3. The molecule has 8 heteroatoms. The van der Waals surface area contributed by atoms with Crippen molar-refractivity contribution in [2.24, 2.45) is 0 Å². The minimum absolute atomic E-state index is 0.133. The fraction of sp³-hybridized carbons (Fsp3) is 0.250. The molecule has 0 bridgehead atoms. The maximum absolute atomic E-state index is 12.7. The van der Waals surface area contributed by atoms with Crippen LogP contribution in [-0.2, 0) is 0 Å². The van der Waals surface area contributed by atoms with Gasteiger partial charge in [-0.1, -0.05) is 48.5 Å². The van der Waals surface area contributed by atoms with Crippen molar-refractivity contribution in [2.45, 2.75) is 19.5 Å². The van der Waals surface area contributed by atoms with Gasteiger partial charge in [0.2, 0.25) is 5.82 Å². The van der Waals surface area contributed by atoms with Crippen molar-refractivity contribution >= 4 is 5.91 Å². The molecule has 0 spiro atoms. The lowest BCUT2D eigenvalue weighted by Crippen LogP contribution is -2.34. The van der Waals surface area contributed by atoms with Gasteiger partial charge < -0.3 is 4.90 Å². The van der Waals surface area contributed by atoms with Crippen LogP contribution in [0.5, 0.6) is 0 Å². The molecular formula is C20H19F3N4O. The van der Waals surface area contributed by atoms with E-state index in [4.69, 9.17) is 0 Å². The molecule has 0 aliphatic heterocycles. The number of hydrogen-bond acceptors (Lipinski definition) is 3. The van der Waals surface area contributed by atoms with Gasteiger partial charge in [-0.3, -0.25) is 4.79 Å². The molecule has 1 aromatic heterocycles. The van der Waals surface area contributed by atoms with Crippen LogP contribution < -0.4 is 0 Å². The van der Waals surface area contributed by atoms with E-state index in [9.17, 15) is 18.0 Å². The maximum atomic E-state index is 12.7. The number of alkyl halides is 3. The second kappa shape index (κ2) is 8.24. The number of carbonyl (C=O) groups is 1. The molecule has 1 heterocycles. The molecule has 0 saturated heterocycles. The van der Waals surface area contributed by atoms with Crippen molar-refractivity contribution in [2.75, 3.05) is 13.1 Å². The summed E-state index contributed by atoms with van der Waals surface area (Å²) in [5, 5.41) is 4.30. The van der Waals surface area contributed by atoms with Crippen molar-refractivity contribution in [1.29, 1.82) is 0 Å². The molecule has 5 nitrogen and oxygen atoms in total. The average Bonchev–Trinajstić information content (AvgIpc) is 3.14. The van der Waals surface area contributed by atoms with Gasteiger partial charge in [0.05, 0.1) is 12.1 Å². The molecule has 3 aromatic rings. The SMILES string of the molecule is CCN(CCC(F)(F)F)C(=O)c1nc(-c2ccccc2)n(-c2ccccc2)n1. The number of benzene rings is 2. The standard InChI is InChI=1S/C20H19F3N4O/c1-2-26(14-13-20(21,22)23)19(28)17-24-18(15-9-5-3-6-10-15)27(25-17)16-11-7-4-8-12-16/h3-12H,2,13-14H2,1H3. The Kier molecular flexibility index (Phi) is 5.77. The number of carbonyl (C=O) groups excluding carboxylic acids is 1. The van der Waals surface area contributed by atoms with Gasteiger partial charge in [0.25, 0.3) is 5.91 Å². The summed E-state index contributed by atoms with van der Waals surface area (Å²) < 4.78 is 39.2. The Hall–Kier alpha value is -3.16. The zero-order valence-electron chi connectivity index (χ0n) is 15.2. The first-order chi connectivity index (χ1) is 13.4. The number of halogens is 3. The van der Waals surface area contributed by atoms with Crippen molar-refractivity contribution in [3.05, 3.63) is 66.5 Å². The summed E-state index contributed by atoms with van der Waals surface area (Å²) in [7, 11) is 0. The Morgan fingerprint density at radius 2 is 1.64 bits per heavy atom. The van der Waals surface area contributed by atoms with Gasteiger partial charge in [-0.2, -0.15) is 13.2 Å². The third-order valence-corrected chi connectivity index (χ3v) is 4.17. The molecule has 0 fully saturated rings. The summed E-state index contributed by atoms with van der Waals surface area (Å²) in [6.45, 7) is 1.33. The lowest BCUT2D eigenvalue weighted by molar-refractivity contribution is -0.136. The summed E-state index contributed by atoms with van der Waals surface area (Å²) in [5.74, 6) is -0.313. The van der Waals surface area contributed by atoms with Gasteiger partial charge in [0.1, 0.15) is 0 Å². The quantitative estimate of drug-likeness (QED) is 0.631. The molecule has 0 atom stereocenters. The van der Waals surface area contributed by atoms with Crippen LogP contribution in [0.25, 0.3) is 17.1 Å². The summed E-state index contributed by atoms with van der Waals surface area (Å²) >= 11 is 0. The van der Waals surface area contributed by atoms with E-state index >= 15 is 0 Å². The van der Waals surface area contributed by atoms with Crippen molar-refractivity contribution < 1.29 is 18.0 Å². The molecule has 0 radical (unpaired) electrons. The molecule has 28 heavy (non-hydrogen) atoms. The molecule has 3 rings (SSSR count). The highest BCUT2D eigenvalue weighted by Gasteiger charge is 2.30. The average molecular weight is 388 g/mol. The van der Waals surface area contributed by atoms with E-state index in [0.717, 1.165) is 10.5 Å². The number of hydrogen-bond donors (Lipinski definition) is 0. The van der Waals surface area contributed by atoms with Crippen LogP contribution in [-0.4, -0.2) is 44.8 Å². The molecule has 1 amide bonds. The van der Waals surface area contributed by atoms with Gasteiger partial charge in [-0.25, -0.2) is 9.67 Å². The Balaban J connectivity index is 1.98. The van der Waals surface area contributed by atoms with Crippen LogP contribution in [0.1, 0.15) is 24.0 Å². The van der Waals surface area contributed by atoms with Crippen molar-refractivity contribution in [3.8, 4) is 17.1 Å². The Morgan fingerprint density at radius 1 is 1.04 bits per heavy atom. The molecule has 2 aromatic carbocycles. The highest BCUT2D eigenvalue weighted by Crippen LogP contribution is 2.23. The van der Waals surface area contributed by atoms with Gasteiger partial charge in [-0.15, -0.1) is 5.10 Å². The number of nitrogens with zero attached hydrogens (tertiary/aromatic N) is 4. The summed E-state index contributed by atoms with van der Waals surface area (Å²) in [6, 6.07) is 18.3. The fourth-order valence-corrected chi connectivity index (χ4v) is 2.73. The molecular weight excluding hydrogens is 369 g/mol. The summed E-state index contributed by atoms with van der Waals surface area (Å²) in [6.07, 6.45) is -5.41. The van der Waals surface area contributed by atoms with Crippen LogP contribution in [0.4, 0.5) is 13.2 Å². The highest BCUT2D eigenvalue weighted by atomic mass is 19.4. The Bertz CT molecular complexity index is 867. The third kappa shape index (κ3) is 4.57. The van der Waals surface area contributed by atoms with Gasteiger partial charge in [0, 0.05) is 18.7 Å². The molecule has 0 N–H and O–H groups in total. The number of para-hydroxylation sites is 1. The predicted octanol–water partition coefficient (Wildman–Crippen LogP) is 4.35. The Morgan fingerprint density at radius 3 is 2.21 bits per heavy atom. The second-order valence-electron chi connectivity index (χ2n) is 6.12. The summed E-state index contributed by atoms with van der Waals surface area (Å²) in [5.41, 5.74) is 1.45. The van der Waals surface area contributed by atoms with E-state index in [2.05, 4.69) is 10.1 Å². The second-order valence-corrected chi connectivity index (χ2v) is 6.12. The summed E-state index contributed by atoms with van der Waals surface area (Å²) in [4.78, 5) is 18.2. The minimum atomic E-state index is -4.33. The Labute approximate surface area is 160 Å². The van der Waals surface area contributed by atoms with Crippen LogP contribution >= 0.6 is 0 Å². The molecule has 0 aliphatic rings. The van der Waals surface area contributed by atoms with E-state index in [1.165, 1.54) is 4.68 Å². The molecule has 146 valence electrons. The first kappa shape index (κ1) is 19.6. The van der Waals surface area contributed by atoms with Gasteiger partial charge in [-0.05, 0) is 19.1 Å². The van der Waals surface area contributed by atoms with Crippen molar-refractivity contribution in [3.63, 3.8) is 0 Å².